The van der Waals surface area contributed by atoms with Crippen LogP contribution < -0.4 is 10.2 Å². The number of aryl methyl sites for hydroxylation is 2. The summed E-state index contributed by atoms with van der Waals surface area (Å²) in [6.45, 7) is 5.68. The minimum absolute atomic E-state index is 0.0307. The number of carbonyl (C=O) groups is 3. The maximum atomic E-state index is 12.8. The first-order chi connectivity index (χ1) is 12.3. The van der Waals surface area contributed by atoms with Gasteiger partial charge in [0.25, 0.3) is 5.91 Å². The average molecular weight is 352 g/mol. The first-order valence-electron chi connectivity index (χ1n) is 8.33. The third kappa shape index (κ3) is 3.06. The van der Waals surface area contributed by atoms with Crippen LogP contribution in [0.25, 0.3) is 0 Å². The molecular formula is C20H20N2O4. The van der Waals surface area contributed by atoms with E-state index in [-0.39, 0.29) is 23.8 Å². The van der Waals surface area contributed by atoms with Crippen molar-refractivity contribution in [2.45, 2.75) is 33.2 Å². The summed E-state index contributed by atoms with van der Waals surface area (Å²) in [7, 11) is 0. The van der Waals surface area contributed by atoms with Gasteiger partial charge >= 0.3 is 5.97 Å². The quantitative estimate of drug-likeness (QED) is 0.826. The van der Waals surface area contributed by atoms with E-state index in [0.717, 1.165) is 21.7 Å². The Bertz CT molecular complexity index is 920. The van der Waals surface area contributed by atoms with Gasteiger partial charge in [-0.05, 0) is 55.7 Å². The van der Waals surface area contributed by atoms with Crippen molar-refractivity contribution in [2.24, 2.45) is 0 Å². The Balaban J connectivity index is 1.91. The van der Waals surface area contributed by atoms with Crippen LogP contribution in [0.3, 0.4) is 0 Å². The largest absolute Gasteiger partial charge is 0.478 e. The van der Waals surface area contributed by atoms with Gasteiger partial charge in [-0.2, -0.15) is 0 Å². The molecule has 2 aromatic carbocycles. The second kappa shape index (κ2) is 6.63. The van der Waals surface area contributed by atoms with E-state index in [0.29, 0.717) is 11.3 Å². The first kappa shape index (κ1) is 17.7. The highest BCUT2D eigenvalue weighted by molar-refractivity contribution is 6.23. The Hall–Kier alpha value is -3.15. The molecule has 26 heavy (non-hydrogen) atoms. The zero-order chi connectivity index (χ0) is 19.0. The first-order valence-corrected chi connectivity index (χ1v) is 8.33. The zero-order valence-electron chi connectivity index (χ0n) is 14.9. The van der Waals surface area contributed by atoms with E-state index in [2.05, 4.69) is 5.32 Å². The summed E-state index contributed by atoms with van der Waals surface area (Å²) in [6.07, 6.45) is 0.0307. The van der Waals surface area contributed by atoms with Crippen LogP contribution in [0.5, 0.6) is 0 Å². The van der Waals surface area contributed by atoms with Crippen LogP contribution in [0.15, 0.2) is 36.4 Å². The lowest BCUT2D eigenvalue weighted by atomic mass is 10.1. The number of carbonyl (C=O) groups excluding carboxylic acids is 2. The number of benzene rings is 2. The third-order valence-electron chi connectivity index (χ3n) is 4.78. The smallest absolute Gasteiger partial charge is 0.335 e. The Morgan fingerprint density at radius 3 is 2.54 bits per heavy atom. The van der Waals surface area contributed by atoms with Crippen LogP contribution in [0.1, 0.15) is 33.5 Å². The molecule has 0 spiro atoms. The molecule has 0 radical (unpaired) electrons. The molecule has 0 aromatic heterocycles. The Kier molecular flexibility index (Phi) is 4.50. The molecule has 3 rings (SSSR count). The van der Waals surface area contributed by atoms with Gasteiger partial charge in [0, 0.05) is 5.69 Å². The van der Waals surface area contributed by atoms with Crippen molar-refractivity contribution in [3.05, 3.63) is 58.7 Å². The standard InChI is InChI=1S/C20H20N2O4/c1-11-5-4-6-15(13(11)3)21-16-10-18(23)22(19(16)24)17-9-14(20(25)26)8-7-12(17)2/h4-9,16,21H,10H2,1-3H3,(H,25,26)/t16-/m1/s1. The van der Waals surface area contributed by atoms with Gasteiger partial charge in [0.05, 0.1) is 17.7 Å². The van der Waals surface area contributed by atoms with Crippen molar-refractivity contribution >= 4 is 29.2 Å². The van der Waals surface area contributed by atoms with E-state index >= 15 is 0 Å². The Labute approximate surface area is 151 Å². The van der Waals surface area contributed by atoms with Crippen LogP contribution in [0.2, 0.25) is 0 Å². The van der Waals surface area contributed by atoms with Crippen LogP contribution >= 0.6 is 0 Å². The highest BCUT2D eigenvalue weighted by Crippen LogP contribution is 2.29. The van der Waals surface area contributed by atoms with Crippen molar-refractivity contribution in [2.75, 3.05) is 10.2 Å². The molecule has 0 unspecified atom stereocenters. The Morgan fingerprint density at radius 1 is 1.12 bits per heavy atom. The van der Waals surface area contributed by atoms with E-state index in [4.69, 9.17) is 0 Å². The molecule has 1 saturated heterocycles. The van der Waals surface area contributed by atoms with Gasteiger partial charge in [0.15, 0.2) is 0 Å². The average Bonchev–Trinajstić information content (AvgIpc) is 2.86. The monoisotopic (exact) mass is 352 g/mol. The molecule has 2 aromatic rings. The third-order valence-corrected chi connectivity index (χ3v) is 4.78. The highest BCUT2D eigenvalue weighted by Gasteiger charge is 2.40. The number of hydrogen-bond donors (Lipinski definition) is 2. The topological polar surface area (TPSA) is 86.7 Å². The van der Waals surface area contributed by atoms with Crippen LogP contribution in [0.4, 0.5) is 11.4 Å². The van der Waals surface area contributed by atoms with Gasteiger partial charge in [-0.25, -0.2) is 9.69 Å². The molecule has 0 bridgehead atoms. The van der Waals surface area contributed by atoms with Crippen molar-refractivity contribution in [3.8, 4) is 0 Å². The maximum Gasteiger partial charge on any atom is 0.335 e. The molecule has 1 atom stereocenters. The van der Waals surface area contributed by atoms with E-state index < -0.39 is 12.0 Å². The van der Waals surface area contributed by atoms with Crippen molar-refractivity contribution in [1.82, 2.24) is 0 Å². The maximum absolute atomic E-state index is 12.8. The number of hydrogen-bond acceptors (Lipinski definition) is 4. The van der Waals surface area contributed by atoms with Gasteiger partial charge < -0.3 is 10.4 Å². The number of anilines is 2. The molecule has 2 amide bonds. The number of carboxylic acids is 1. The van der Waals surface area contributed by atoms with Crippen LogP contribution in [0, 0.1) is 20.8 Å². The molecular weight excluding hydrogens is 332 g/mol. The predicted molar refractivity (Wildman–Crippen MR) is 98.6 cm³/mol. The summed E-state index contributed by atoms with van der Waals surface area (Å²) >= 11 is 0. The Morgan fingerprint density at radius 2 is 1.85 bits per heavy atom. The molecule has 1 aliphatic rings. The second-order valence-electron chi connectivity index (χ2n) is 6.52. The van der Waals surface area contributed by atoms with Crippen molar-refractivity contribution < 1.29 is 19.5 Å². The minimum Gasteiger partial charge on any atom is -0.478 e. The summed E-state index contributed by atoms with van der Waals surface area (Å²) in [5, 5.41) is 12.3. The van der Waals surface area contributed by atoms with Gasteiger partial charge in [-0.15, -0.1) is 0 Å². The minimum atomic E-state index is -1.10. The van der Waals surface area contributed by atoms with E-state index in [1.807, 2.05) is 32.0 Å². The second-order valence-corrected chi connectivity index (χ2v) is 6.52. The van der Waals surface area contributed by atoms with Crippen LogP contribution in [-0.2, 0) is 9.59 Å². The lowest BCUT2D eigenvalue weighted by molar-refractivity contribution is -0.121. The van der Waals surface area contributed by atoms with E-state index in [9.17, 15) is 19.5 Å². The van der Waals surface area contributed by atoms with Crippen molar-refractivity contribution in [3.63, 3.8) is 0 Å². The van der Waals surface area contributed by atoms with Crippen LogP contribution in [-0.4, -0.2) is 28.9 Å². The number of rotatable bonds is 4. The summed E-state index contributed by atoms with van der Waals surface area (Å²) in [5.41, 5.74) is 3.96. The number of amides is 2. The van der Waals surface area contributed by atoms with Crippen molar-refractivity contribution in [1.29, 1.82) is 0 Å². The SMILES string of the molecule is Cc1ccc(C(=O)O)cc1N1C(=O)C[C@@H](Nc2cccc(C)c2C)C1=O. The summed E-state index contributed by atoms with van der Waals surface area (Å²) in [5.74, 6) is -1.82. The molecule has 0 saturated carbocycles. The fourth-order valence-corrected chi connectivity index (χ4v) is 3.08. The van der Waals surface area contributed by atoms with E-state index in [1.54, 1.807) is 13.0 Å². The number of imide groups is 1. The number of aromatic carboxylic acids is 1. The number of nitrogens with one attached hydrogen (secondary N) is 1. The summed E-state index contributed by atoms with van der Waals surface area (Å²) in [4.78, 5) is 37.6. The normalized spacial score (nSPS) is 16.9. The molecule has 6 heteroatoms. The van der Waals surface area contributed by atoms with Gasteiger partial charge in [0.1, 0.15) is 6.04 Å². The van der Waals surface area contributed by atoms with E-state index in [1.165, 1.54) is 12.1 Å². The zero-order valence-corrected chi connectivity index (χ0v) is 14.9. The molecule has 0 aliphatic carbocycles. The number of nitrogens with zero attached hydrogens (tertiary/aromatic N) is 1. The lowest BCUT2D eigenvalue weighted by Gasteiger charge is -2.19. The fraction of sp³-hybridized carbons (Fsp3) is 0.250. The molecule has 1 heterocycles. The van der Waals surface area contributed by atoms with Gasteiger partial charge in [-0.1, -0.05) is 18.2 Å². The fourth-order valence-electron chi connectivity index (χ4n) is 3.08. The molecule has 1 aliphatic heterocycles. The molecule has 1 fully saturated rings. The summed E-state index contributed by atoms with van der Waals surface area (Å²) < 4.78 is 0. The lowest BCUT2D eigenvalue weighted by Crippen LogP contribution is -2.35. The molecule has 6 nitrogen and oxygen atoms in total. The molecule has 2 N–H and O–H groups in total. The predicted octanol–water partition coefficient (Wildman–Crippen LogP) is 3.05. The number of carboxylic acid groups (broad SMARTS) is 1. The summed E-state index contributed by atoms with van der Waals surface area (Å²) in [6, 6.07) is 9.51. The van der Waals surface area contributed by atoms with Gasteiger partial charge in [0.2, 0.25) is 5.91 Å². The van der Waals surface area contributed by atoms with Gasteiger partial charge in [-0.3, -0.25) is 9.59 Å². The molecule has 134 valence electrons. The highest BCUT2D eigenvalue weighted by atomic mass is 16.4.